The molecule has 0 radical (unpaired) electrons. The smallest absolute Gasteiger partial charge is 0.297 e. The molecule has 0 spiro atoms. The maximum Gasteiger partial charge on any atom is 0.297 e. The van der Waals surface area contributed by atoms with E-state index in [0.29, 0.717) is 6.47 Å². The van der Waals surface area contributed by atoms with Gasteiger partial charge in [-0.1, -0.05) is 6.07 Å². The second-order valence-electron chi connectivity index (χ2n) is 1.78. The number of hydrogen-bond donors (Lipinski definition) is 0. The lowest BCUT2D eigenvalue weighted by atomic mass is 10.5. The number of aromatic nitrogens is 1. The van der Waals surface area contributed by atoms with E-state index in [1.54, 1.807) is 4.57 Å². The highest BCUT2D eigenvalue weighted by Gasteiger charge is 1.93. The van der Waals surface area contributed by atoms with Crippen molar-refractivity contribution < 1.29 is 14.1 Å². The average molecular weight is 138 g/mol. The molecule has 1 heterocycles. The van der Waals surface area contributed by atoms with Gasteiger partial charge in [-0.25, -0.2) is 0 Å². The molecule has 1 rings (SSSR count). The summed E-state index contributed by atoms with van der Waals surface area (Å²) in [5.41, 5.74) is 0. The molecular weight excluding hydrogens is 130 g/mol. The lowest BCUT2D eigenvalue weighted by Crippen LogP contribution is -2.33. The number of carbonyl (C=O) groups is 1. The molecule has 1 aromatic rings. The topological polar surface area (TPSA) is 30.2 Å². The first-order valence-electron chi connectivity index (χ1n) is 2.93. The maximum absolute atomic E-state index is 9.74. The van der Waals surface area contributed by atoms with Crippen molar-refractivity contribution in [2.24, 2.45) is 0 Å². The minimum Gasteiger partial charge on any atom is -0.407 e. The molecule has 0 aliphatic carbocycles. The number of pyridine rings is 1. The van der Waals surface area contributed by atoms with Crippen molar-refractivity contribution in [3.8, 4) is 0 Å². The molecular formula is C7H8NO2+. The van der Waals surface area contributed by atoms with Gasteiger partial charge in [0.1, 0.15) is 0 Å². The lowest BCUT2D eigenvalue weighted by Gasteiger charge is -1.90. The predicted octanol–water partition coefficient (Wildman–Crippen LogP) is 0.105. The quantitative estimate of drug-likeness (QED) is 0.438. The molecule has 3 heteroatoms. The van der Waals surface area contributed by atoms with Gasteiger partial charge in [0.25, 0.3) is 13.2 Å². The van der Waals surface area contributed by atoms with Crippen LogP contribution in [0.1, 0.15) is 0 Å². The van der Waals surface area contributed by atoms with E-state index in [1.165, 1.54) is 0 Å². The predicted molar refractivity (Wildman–Crippen MR) is 33.8 cm³/mol. The Morgan fingerprint density at radius 2 is 2.00 bits per heavy atom. The number of carbonyl (C=O) groups excluding carboxylic acids is 1. The van der Waals surface area contributed by atoms with Gasteiger partial charge in [0.05, 0.1) is 0 Å². The molecule has 0 saturated carbocycles. The van der Waals surface area contributed by atoms with Gasteiger partial charge in [0, 0.05) is 12.1 Å². The molecule has 0 aliphatic rings. The maximum atomic E-state index is 9.74. The Morgan fingerprint density at radius 1 is 1.30 bits per heavy atom. The Balaban J connectivity index is 2.50. The van der Waals surface area contributed by atoms with Crippen LogP contribution in [0.15, 0.2) is 30.6 Å². The molecule has 0 N–H and O–H groups in total. The first-order valence-corrected chi connectivity index (χ1v) is 2.93. The third-order valence-corrected chi connectivity index (χ3v) is 1.07. The zero-order valence-electron chi connectivity index (χ0n) is 5.43. The first-order chi connectivity index (χ1) is 4.93. The number of hydrogen-bond acceptors (Lipinski definition) is 2. The molecule has 3 nitrogen and oxygen atoms in total. The Labute approximate surface area is 58.9 Å². The molecule has 1 aromatic heterocycles. The molecule has 0 atom stereocenters. The van der Waals surface area contributed by atoms with Crippen LogP contribution in [0.25, 0.3) is 0 Å². The Bertz CT molecular complexity index is 198. The lowest BCUT2D eigenvalue weighted by molar-refractivity contribution is -0.727. The third kappa shape index (κ3) is 1.85. The van der Waals surface area contributed by atoms with E-state index < -0.39 is 0 Å². The van der Waals surface area contributed by atoms with Gasteiger partial charge in [-0.15, -0.1) is 0 Å². The van der Waals surface area contributed by atoms with Crippen molar-refractivity contribution in [2.45, 2.75) is 6.73 Å². The van der Waals surface area contributed by atoms with Crippen LogP contribution in [0.2, 0.25) is 0 Å². The second kappa shape index (κ2) is 3.61. The molecule has 0 aliphatic heterocycles. The molecule has 0 amide bonds. The van der Waals surface area contributed by atoms with Crippen LogP contribution < -0.4 is 4.57 Å². The fourth-order valence-corrected chi connectivity index (χ4v) is 0.637. The minimum absolute atomic E-state index is 0.282. The highest BCUT2D eigenvalue weighted by molar-refractivity contribution is 5.36. The van der Waals surface area contributed by atoms with Crippen LogP contribution in [0.5, 0.6) is 0 Å². The first kappa shape index (κ1) is 6.74. The van der Waals surface area contributed by atoms with E-state index in [9.17, 15) is 4.79 Å². The van der Waals surface area contributed by atoms with Gasteiger partial charge in [0.15, 0.2) is 12.4 Å². The molecule has 0 fully saturated rings. The third-order valence-electron chi connectivity index (χ3n) is 1.07. The number of ether oxygens (including phenoxy) is 1. The molecule has 0 aromatic carbocycles. The van der Waals surface area contributed by atoms with Gasteiger partial charge in [0.2, 0.25) is 0 Å². The van der Waals surface area contributed by atoms with E-state index in [4.69, 9.17) is 0 Å². The van der Waals surface area contributed by atoms with Crippen molar-refractivity contribution in [2.75, 3.05) is 0 Å². The van der Waals surface area contributed by atoms with Crippen molar-refractivity contribution in [3.63, 3.8) is 0 Å². The van der Waals surface area contributed by atoms with Gasteiger partial charge < -0.3 is 4.74 Å². The van der Waals surface area contributed by atoms with Gasteiger partial charge in [-0.2, -0.15) is 4.57 Å². The summed E-state index contributed by atoms with van der Waals surface area (Å²) in [7, 11) is 0. The Hall–Kier alpha value is -1.38. The van der Waals surface area contributed by atoms with Crippen LogP contribution in [0, 0.1) is 0 Å². The van der Waals surface area contributed by atoms with Crippen LogP contribution >= 0.6 is 0 Å². The van der Waals surface area contributed by atoms with Crippen molar-refractivity contribution in [1.29, 1.82) is 0 Å². The Kier molecular flexibility index (Phi) is 2.43. The second-order valence-corrected chi connectivity index (χ2v) is 1.78. The molecule has 0 unspecified atom stereocenters. The summed E-state index contributed by atoms with van der Waals surface area (Å²) < 4.78 is 6.26. The SMILES string of the molecule is O=COC[n+]1ccccc1. The van der Waals surface area contributed by atoms with E-state index >= 15 is 0 Å². The van der Waals surface area contributed by atoms with E-state index in [-0.39, 0.29) is 6.73 Å². The zero-order valence-corrected chi connectivity index (χ0v) is 5.43. The van der Waals surface area contributed by atoms with Crippen molar-refractivity contribution in [3.05, 3.63) is 30.6 Å². The fraction of sp³-hybridized carbons (Fsp3) is 0.143. The summed E-state index contributed by atoms with van der Waals surface area (Å²) in [5, 5.41) is 0. The summed E-state index contributed by atoms with van der Waals surface area (Å²) in [6.07, 6.45) is 3.65. The Morgan fingerprint density at radius 3 is 2.60 bits per heavy atom. The highest BCUT2D eigenvalue weighted by Crippen LogP contribution is 1.76. The van der Waals surface area contributed by atoms with Gasteiger partial charge >= 0.3 is 0 Å². The molecule has 10 heavy (non-hydrogen) atoms. The fourth-order valence-electron chi connectivity index (χ4n) is 0.637. The minimum atomic E-state index is 0.282. The van der Waals surface area contributed by atoms with Gasteiger partial charge in [-0.05, 0) is 0 Å². The van der Waals surface area contributed by atoms with Crippen LogP contribution in [0.3, 0.4) is 0 Å². The summed E-state index contributed by atoms with van der Waals surface area (Å²) in [5.74, 6) is 0. The molecule has 0 saturated heterocycles. The highest BCUT2D eigenvalue weighted by atomic mass is 16.5. The molecule has 52 valence electrons. The van der Waals surface area contributed by atoms with Crippen LogP contribution in [-0.2, 0) is 16.3 Å². The van der Waals surface area contributed by atoms with E-state index in [2.05, 4.69) is 4.74 Å². The van der Waals surface area contributed by atoms with E-state index in [0.717, 1.165) is 0 Å². The van der Waals surface area contributed by atoms with Crippen molar-refractivity contribution in [1.82, 2.24) is 0 Å². The standard InChI is InChI=1S/C7H8NO2/c9-7-10-6-8-4-2-1-3-5-8/h1-5,7H,6H2/q+1. The van der Waals surface area contributed by atoms with Crippen LogP contribution in [-0.4, -0.2) is 6.47 Å². The van der Waals surface area contributed by atoms with Crippen LogP contribution in [0.4, 0.5) is 0 Å². The number of rotatable bonds is 3. The zero-order chi connectivity index (χ0) is 7.23. The normalized spacial score (nSPS) is 8.80. The summed E-state index contributed by atoms with van der Waals surface area (Å²) in [6.45, 7) is 0.713. The van der Waals surface area contributed by atoms with Gasteiger partial charge in [-0.3, -0.25) is 4.79 Å². The summed E-state index contributed by atoms with van der Waals surface area (Å²) in [4.78, 5) is 9.74. The number of nitrogens with zero attached hydrogens (tertiary/aromatic N) is 1. The van der Waals surface area contributed by atoms with E-state index in [1.807, 2.05) is 30.6 Å². The largest absolute Gasteiger partial charge is 0.407 e. The monoisotopic (exact) mass is 138 g/mol. The summed E-state index contributed by atoms with van der Waals surface area (Å²) in [6, 6.07) is 5.64. The van der Waals surface area contributed by atoms with Crippen molar-refractivity contribution >= 4 is 6.47 Å². The molecule has 0 bridgehead atoms. The summed E-state index contributed by atoms with van der Waals surface area (Å²) >= 11 is 0. The average Bonchev–Trinajstić information content (AvgIpc) is 2.03.